The van der Waals surface area contributed by atoms with Gasteiger partial charge in [-0.05, 0) is 42.5 Å². The number of sulfonamides is 1. The fraction of sp³-hybridized carbons (Fsp3) is 0.0952. The number of rotatable bonds is 7. The van der Waals surface area contributed by atoms with Crippen LogP contribution in [0.1, 0.15) is 0 Å². The molecule has 6 nitrogen and oxygen atoms in total. The molecule has 31 heavy (non-hydrogen) atoms. The fourth-order valence-electron chi connectivity index (χ4n) is 2.80. The molecule has 10 heteroatoms. The van der Waals surface area contributed by atoms with Gasteiger partial charge in [0.15, 0.2) is 0 Å². The first kappa shape index (κ1) is 23.2. The molecule has 0 aliphatic carbocycles. The molecule has 0 aromatic heterocycles. The first-order chi connectivity index (χ1) is 14.7. The number of nitrogens with zero attached hydrogens (tertiary/aromatic N) is 1. The van der Waals surface area contributed by atoms with Crippen molar-refractivity contribution in [2.45, 2.75) is 4.90 Å². The van der Waals surface area contributed by atoms with Crippen molar-refractivity contribution >= 4 is 62.1 Å². The second kappa shape index (κ2) is 9.78. The molecule has 3 aromatic carbocycles. The molecule has 0 aliphatic heterocycles. The van der Waals surface area contributed by atoms with Gasteiger partial charge >= 0.3 is 0 Å². The van der Waals surface area contributed by atoms with E-state index in [1.54, 1.807) is 42.5 Å². The molecule has 3 rings (SSSR count). The van der Waals surface area contributed by atoms with Crippen LogP contribution in [-0.4, -0.2) is 28.0 Å². The number of amides is 1. The van der Waals surface area contributed by atoms with Crippen LogP contribution >= 0.6 is 34.8 Å². The van der Waals surface area contributed by atoms with Crippen LogP contribution in [0.4, 0.5) is 11.4 Å². The quantitative estimate of drug-likeness (QED) is 0.466. The third kappa shape index (κ3) is 5.25. The van der Waals surface area contributed by atoms with E-state index in [-0.39, 0.29) is 37.1 Å². The molecule has 1 amide bonds. The lowest BCUT2D eigenvalue weighted by Gasteiger charge is -2.26. The number of hydrogen-bond donors (Lipinski definition) is 1. The van der Waals surface area contributed by atoms with Crippen LogP contribution in [0.5, 0.6) is 5.75 Å². The molecular formula is C21H17Cl3N2O4S. The number of halogens is 3. The number of carbonyl (C=O) groups excluding carboxylic acids is 1. The van der Waals surface area contributed by atoms with E-state index in [4.69, 9.17) is 39.5 Å². The van der Waals surface area contributed by atoms with Crippen molar-refractivity contribution in [2.75, 3.05) is 23.3 Å². The van der Waals surface area contributed by atoms with Gasteiger partial charge in [0, 0.05) is 5.02 Å². The molecule has 0 saturated carbocycles. The molecule has 0 spiro atoms. The Hall–Kier alpha value is -2.45. The van der Waals surface area contributed by atoms with E-state index in [9.17, 15) is 13.2 Å². The number of carbonyl (C=O) groups is 1. The molecule has 0 heterocycles. The first-order valence-corrected chi connectivity index (χ1v) is 11.5. The molecule has 0 saturated heterocycles. The van der Waals surface area contributed by atoms with Gasteiger partial charge in [-0.1, -0.05) is 59.1 Å². The van der Waals surface area contributed by atoms with E-state index in [1.807, 2.05) is 0 Å². The second-order valence-corrected chi connectivity index (χ2v) is 9.37. The predicted molar refractivity (Wildman–Crippen MR) is 124 cm³/mol. The Kier molecular flexibility index (Phi) is 7.33. The van der Waals surface area contributed by atoms with Gasteiger partial charge in [0.05, 0.1) is 33.4 Å². The van der Waals surface area contributed by atoms with Gasteiger partial charge in [-0.2, -0.15) is 0 Å². The van der Waals surface area contributed by atoms with Crippen molar-refractivity contribution in [3.8, 4) is 5.75 Å². The highest BCUT2D eigenvalue weighted by Crippen LogP contribution is 2.35. The van der Waals surface area contributed by atoms with Crippen molar-refractivity contribution in [2.24, 2.45) is 0 Å². The van der Waals surface area contributed by atoms with Crippen LogP contribution < -0.4 is 14.4 Å². The molecule has 1 N–H and O–H groups in total. The minimum atomic E-state index is -4.13. The van der Waals surface area contributed by atoms with Crippen LogP contribution in [0.2, 0.25) is 15.1 Å². The monoisotopic (exact) mass is 498 g/mol. The summed E-state index contributed by atoms with van der Waals surface area (Å²) < 4.78 is 33.1. The number of ether oxygens (including phenoxy) is 1. The number of nitrogens with one attached hydrogen (secondary N) is 1. The van der Waals surface area contributed by atoms with Crippen molar-refractivity contribution in [3.05, 3.63) is 81.8 Å². The Balaban J connectivity index is 2.04. The Morgan fingerprint density at radius 3 is 2.39 bits per heavy atom. The van der Waals surface area contributed by atoms with Gasteiger partial charge in [0.25, 0.3) is 10.0 Å². The first-order valence-electron chi connectivity index (χ1n) is 8.89. The van der Waals surface area contributed by atoms with Gasteiger partial charge in [0.1, 0.15) is 12.3 Å². The summed E-state index contributed by atoms with van der Waals surface area (Å²) in [5.74, 6) is -0.400. The molecule has 0 fully saturated rings. The van der Waals surface area contributed by atoms with Gasteiger partial charge in [0.2, 0.25) is 5.91 Å². The summed E-state index contributed by atoms with van der Waals surface area (Å²) in [6.45, 7) is -0.559. The fourth-order valence-corrected chi connectivity index (χ4v) is 4.76. The Morgan fingerprint density at radius 1 is 1.00 bits per heavy atom. The predicted octanol–water partition coefficient (Wildman–Crippen LogP) is 5.49. The van der Waals surface area contributed by atoms with Crippen molar-refractivity contribution in [3.63, 3.8) is 0 Å². The van der Waals surface area contributed by atoms with Gasteiger partial charge in [-0.25, -0.2) is 8.42 Å². The SMILES string of the molecule is COc1ccc(Cl)cc1N(CC(=O)Nc1cccc(Cl)c1Cl)S(=O)(=O)c1ccccc1. The smallest absolute Gasteiger partial charge is 0.264 e. The minimum absolute atomic E-state index is 0.00520. The molecule has 0 unspecified atom stereocenters. The van der Waals surface area contributed by atoms with Gasteiger partial charge < -0.3 is 10.1 Å². The molecule has 0 bridgehead atoms. The van der Waals surface area contributed by atoms with E-state index in [2.05, 4.69) is 5.32 Å². The maximum atomic E-state index is 13.4. The zero-order valence-corrected chi connectivity index (χ0v) is 19.3. The number of anilines is 2. The third-order valence-corrected chi connectivity index (χ3v) is 7.08. The summed E-state index contributed by atoms with van der Waals surface area (Å²) in [4.78, 5) is 12.8. The Morgan fingerprint density at radius 2 is 1.71 bits per heavy atom. The molecule has 3 aromatic rings. The average molecular weight is 500 g/mol. The van der Waals surface area contributed by atoms with Crippen molar-refractivity contribution in [1.29, 1.82) is 0 Å². The maximum Gasteiger partial charge on any atom is 0.264 e. The third-order valence-electron chi connectivity index (χ3n) is 4.25. The van der Waals surface area contributed by atoms with E-state index in [0.717, 1.165) is 4.31 Å². The number of methoxy groups -OCH3 is 1. The maximum absolute atomic E-state index is 13.4. The molecular weight excluding hydrogens is 483 g/mol. The van der Waals surface area contributed by atoms with E-state index in [1.165, 1.54) is 31.4 Å². The zero-order chi connectivity index (χ0) is 22.6. The van der Waals surface area contributed by atoms with Crippen molar-refractivity contribution < 1.29 is 17.9 Å². The van der Waals surface area contributed by atoms with Crippen LogP contribution in [-0.2, 0) is 14.8 Å². The molecule has 0 radical (unpaired) electrons. The number of benzene rings is 3. The highest BCUT2D eigenvalue weighted by Gasteiger charge is 2.30. The lowest BCUT2D eigenvalue weighted by Crippen LogP contribution is -2.38. The molecule has 162 valence electrons. The topological polar surface area (TPSA) is 75.7 Å². The molecule has 0 atom stereocenters. The van der Waals surface area contributed by atoms with Crippen LogP contribution in [0.3, 0.4) is 0 Å². The van der Waals surface area contributed by atoms with Crippen LogP contribution in [0, 0.1) is 0 Å². The lowest BCUT2D eigenvalue weighted by molar-refractivity contribution is -0.114. The van der Waals surface area contributed by atoms with E-state index < -0.39 is 22.5 Å². The van der Waals surface area contributed by atoms with Gasteiger partial charge in [-0.15, -0.1) is 0 Å². The Bertz CT molecular complexity index is 1200. The van der Waals surface area contributed by atoms with Crippen molar-refractivity contribution in [1.82, 2.24) is 0 Å². The summed E-state index contributed by atoms with van der Waals surface area (Å²) in [5, 5.41) is 3.27. The standard InChI is InChI=1S/C21H17Cl3N2O4S/c1-30-19-11-10-14(22)12-18(19)26(31(28,29)15-6-3-2-4-7-15)13-20(27)25-17-9-5-8-16(23)21(17)24/h2-12H,13H2,1H3,(H,25,27). The summed E-state index contributed by atoms with van der Waals surface area (Å²) >= 11 is 18.2. The van der Waals surface area contributed by atoms with Gasteiger partial charge in [-0.3, -0.25) is 9.10 Å². The summed E-state index contributed by atoms with van der Waals surface area (Å²) in [6, 6.07) is 17.0. The average Bonchev–Trinajstić information content (AvgIpc) is 2.76. The lowest BCUT2D eigenvalue weighted by atomic mass is 10.3. The minimum Gasteiger partial charge on any atom is -0.495 e. The normalized spacial score (nSPS) is 11.1. The van der Waals surface area contributed by atoms with E-state index in [0.29, 0.717) is 0 Å². The highest BCUT2D eigenvalue weighted by atomic mass is 35.5. The second-order valence-electron chi connectivity index (χ2n) is 6.29. The van der Waals surface area contributed by atoms with E-state index >= 15 is 0 Å². The summed E-state index contributed by atoms with van der Waals surface area (Å²) in [6.07, 6.45) is 0. The summed E-state index contributed by atoms with van der Waals surface area (Å²) in [5.41, 5.74) is 0.375. The highest BCUT2D eigenvalue weighted by molar-refractivity contribution is 7.92. The largest absolute Gasteiger partial charge is 0.495 e. The number of hydrogen-bond acceptors (Lipinski definition) is 4. The van der Waals surface area contributed by atoms with Crippen LogP contribution in [0.15, 0.2) is 71.6 Å². The zero-order valence-electron chi connectivity index (χ0n) is 16.2. The Labute approximate surface area is 195 Å². The molecule has 0 aliphatic rings. The van der Waals surface area contributed by atoms with Crippen LogP contribution in [0.25, 0.3) is 0 Å². The summed E-state index contributed by atoms with van der Waals surface area (Å²) in [7, 11) is -2.74.